The van der Waals surface area contributed by atoms with Gasteiger partial charge in [0.1, 0.15) is 18.1 Å². The Morgan fingerprint density at radius 1 is 1.00 bits per heavy atom. The van der Waals surface area contributed by atoms with Gasteiger partial charge in [0.05, 0.1) is 13.7 Å². The third kappa shape index (κ3) is 6.37. The van der Waals surface area contributed by atoms with E-state index in [9.17, 15) is 4.79 Å². The Labute approximate surface area is 149 Å². The molecular formula is C20H26N2O3. The van der Waals surface area contributed by atoms with Crippen molar-refractivity contribution >= 4 is 6.03 Å². The Bertz CT molecular complexity index is 656. The molecule has 0 spiro atoms. The minimum absolute atomic E-state index is 0.180. The number of carbonyl (C=O) groups is 1. The fourth-order valence-electron chi connectivity index (χ4n) is 2.44. The largest absolute Gasteiger partial charge is 0.497 e. The van der Waals surface area contributed by atoms with Crippen molar-refractivity contribution in [2.24, 2.45) is 0 Å². The molecule has 5 nitrogen and oxygen atoms in total. The van der Waals surface area contributed by atoms with Crippen LogP contribution in [-0.2, 0) is 12.8 Å². The van der Waals surface area contributed by atoms with E-state index in [1.165, 1.54) is 5.56 Å². The predicted octanol–water partition coefficient (Wildman–Crippen LogP) is 3.18. The number of amides is 2. The molecular weight excluding hydrogens is 316 g/mol. The number of rotatable bonds is 9. The van der Waals surface area contributed by atoms with E-state index in [1.807, 2.05) is 42.5 Å². The summed E-state index contributed by atoms with van der Waals surface area (Å²) >= 11 is 0. The minimum Gasteiger partial charge on any atom is -0.497 e. The molecule has 0 aliphatic heterocycles. The summed E-state index contributed by atoms with van der Waals surface area (Å²) in [5.41, 5.74) is 2.33. The van der Waals surface area contributed by atoms with Gasteiger partial charge < -0.3 is 20.1 Å². The van der Waals surface area contributed by atoms with E-state index >= 15 is 0 Å². The fraction of sp³-hybridized carbons (Fsp3) is 0.350. The van der Waals surface area contributed by atoms with Crippen molar-refractivity contribution in [1.82, 2.24) is 10.6 Å². The van der Waals surface area contributed by atoms with Gasteiger partial charge in [0.15, 0.2) is 0 Å². The topological polar surface area (TPSA) is 59.6 Å². The lowest BCUT2D eigenvalue weighted by atomic mass is 10.1. The van der Waals surface area contributed by atoms with Crippen LogP contribution in [0.1, 0.15) is 18.1 Å². The van der Waals surface area contributed by atoms with E-state index < -0.39 is 0 Å². The summed E-state index contributed by atoms with van der Waals surface area (Å²) in [4.78, 5) is 11.8. The number of ether oxygens (including phenoxy) is 2. The second-order valence-electron chi connectivity index (χ2n) is 5.59. The van der Waals surface area contributed by atoms with Gasteiger partial charge in [0.2, 0.25) is 0 Å². The molecule has 0 radical (unpaired) electrons. The summed E-state index contributed by atoms with van der Waals surface area (Å²) in [6.07, 6.45) is 1.70. The zero-order chi connectivity index (χ0) is 17.9. The molecule has 0 unspecified atom stereocenters. The zero-order valence-electron chi connectivity index (χ0n) is 14.9. The number of methoxy groups -OCH3 is 1. The van der Waals surface area contributed by atoms with Gasteiger partial charge in [0.25, 0.3) is 0 Å². The molecule has 2 N–H and O–H groups in total. The van der Waals surface area contributed by atoms with Crippen molar-refractivity contribution < 1.29 is 14.3 Å². The number of urea groups is 1. The summed E-state index contributed by atoms with van der Waals surface area (Å²) in [6, 6.07) is 15.6. The van der Waals surface area contributed by atoms with E-state index in [2.05, 4.69) is 23.6 Å². The monoisotopic (exact) mass is 342 g/mol. The van der Waals surface area contributed by atoms with E-state index in [-0.39, 0.29) is 6.03 Å². The lowest BCUT2D eigenvalue weighted by molar-refractivity contribution is 0.236. The molecule has 5 heteroatoms. The van der Waals surface area contributed by atoms with Crippen LogP contribution in [0.15, 0.2) is 48.5 Å². The summed E-state index contributed by atoms with van der Waals surface area (Å²) in [5, 5.41) is 5.64. The molecule has 0 fully saturated rings. The molecule has 0 aliphatic rings. The smallest absolute Gasteiger partial charge is 0.314 e. The first-order valence-electron chi connectivity index (χ1n) is 8.58. The predicted molar refractivity (Wildman–Crippen MR) is 99.4 cm³/mol. The van der Waals surface area contributed by atoms with Crippen molar-refractivity contribution in [3.63, 3.8) is 0 Å². The van der Waals surface area contributed by atoms with Gasteiger partial charge in [-0.25, -0.2) is 4.79 Å². The van der Waals surface area contributed by atoms with Crippen molar-refractivity contribution in [3.05, 3.63) is 59.7 Å². The van der Waals surface area contributed by atoms with Gasteiger partial charge in [-0.1, -0.05) is 37.3 Å². The highest BCUT2D eigenvalue weighted by Crippen LogP contribution is 2.17. The van der Waals surface area contributed by atoms with Crippen LogP contribution in [-0.4, -0.2) is 32.8 Å². The molecule has 0 atom stereocenters. The normalized spacial score (nSPS) is 10.2. The van der Waals surface area contributed by atoms with E-state index in [1.54, 1.807) is 7.11 Å². The molecule has 0 aliphatic carbocycles. The first-order chi connectivity index (χ1) is 12.2. The number of carbonyl (C=O) groups excluding carboxylic acids is 1. The molecule has 2 rings (SSSR count). The quantitative estimate of drug-likeness (QED) is 0.688. The van der Waals surface area contributed by atoms with E-state index in [0.717, 1.165) is 29.9 Å². The third-order valence-corrected chi connectivity index (χ3v) is 3.86. The van der Waals surface area contributed by atoms with Gasteiger partial charge in [-0.2, -0.15) is 0 Å². The molecule has 2 amide bonds. The number of nitrogens with one attached hydrogen (secondary N) is 2. The summed E-state index contributed by atoms with van der Waals surface area (Å²) in [5.74, 6) is 1.71. The van der Waals surface area contributed by atoms with Crippen LogP contribution in [0, 0.1) is 0 Å². The molecule has 0 heterocycles. The maximum Gasteiger partial charge on any atom is 0.314 e. The number of para-hydroxylation sites is 1. The number of hydrogen-bond donors (Lipinski definition) is 2. The van der Waals surface area contributed by atoms with Crippen LogP contribution < -0.4 is 20.1 Å². The van der Waals surface area contributed by atoms with Gasteiger partial charge in [-0.15, -0.1) is 0 Å². The number of aryl methyl sites for hydroxylation is 1. The Kier molecular flexibility index (Phi) is 7.63. The van der Waals surface area contributed by atoms with E-state index in [4.69, 9.17) is 9.47 Å². The van der Waals surface area contributed by atoms with Crippen LogP contribution in [0.4, 0.5) is 4.79 Å². The highest BCUT2D eigenvalue weighted by atomic mass is 16.5. The lowest BCUT2D eigenvalue weighted by Crippen LogP contribution is -2.38. The van der Waals surface area contributed by atoms with Crippen LogP contribution in [0.25, 0.3) is 0 Å². The molecule has 134 valence electrons. The molecule has 0 saturated heterocycles. The van der Waals surface area contributed by atoms with Crippen LogP contribution >= 0.6 is 0 Å². The SMILES string of the molecule is CCc1ccccc1OCCNC(=O)NCCc1ccc(OC)cc1. The Morgan fingerprint density at radius 3 is 2.44 bits per heavy atom. The zero-order valence-corrected chi connectivity index (χ0v) is 14.9. The minimum atomic E-state index is -0.180. The van der Waals surface area contributed by atoms with Gasteiger partial charge >= 0.3 is 6.03 Å². The Balaban J connectivity index is 1.60. The first-order valence-corrected chi connectivity index (χ1v) is 8.58. The lowest BCUT2D eigenvalue weighted by Gasteiger charge is -2.11. The summed E-state index contributed by atoms with van der Waals surface area (Å²) in [7, 11) is 1.64. The van der Waals surface area contributed by atoms with Crippen molar-refractivity contribution in [1.29, 1.82) is 0 Å². The highest BCUT2D eigenvalue weighted by molar-refractivity contribution is 5.73. The molecule has 0 saturated carbocycles. The van der Waals surface area contributed by atoms with Crippen LogP contribution in [0.3, 0.4) is 0 Å². The van der Waals surface area contributed by atoms with Crippen molar-refractivity contribution in [2.75, 3.05) is 26.8 Å². The maximum absolute atomic E-state index is 11.8. The van der Waals surface area contributed by atoms with E-state index in [0.29, 0.717) is 19.7 Å². The molecule has 25 heavy (non-hydrogen) atoms. The maximum atomic E-state index is 11.8. The summed E-state index contributed by atoms with van der Waals surface area (Å²) < 4.78 is 10.8. The molecule has 0 bridgehead atoms. The van der Waals surface area contributed by atoms with Crippen LogP contribution in [0.5, 0.6) is 11.5 Å². The van der Waals surface area contributed by atoms with Crippen LogP contribution in [0.2, 0.25) is 0 Å². The molecule has 2 aromatic rings. The summed E-state index contributed by atoms with van der Waals surface area (Å²) in [6.45, 7) is 3.59. The van der Waals surface area contributed by atoms with Gasteiger partial charge in [-0.05, 0) is 42.2 Å². The first kappa shape index (κ1) is 18.6. The standard InChI is InChI=1S/C20H26N2O3/c1-3-17-6-4-5-7-19(17)25-15-14-22-20(23)21-13-12-16-8-10-18(24-2)11-9-16/h4-11H,3,12-15H2,1-2H3,(H2,21,22,23). The Hall–Kier alpha value is -2.69. The second kappa shape index (κ2) is 10.2. The average molecular weight is 342 g/mol. The highest BCUT2D eigenvalue weighted by Gasteiger charge is 2.02. The van der Waals surface area contributed by atoms with Gasteiger partial charge in [-0.3, -0.25) is 0 Å². The van der Waals surface area contributed by atoms with Crippen molar-refractivity contribution in [2.45, 2.75) is 19.8 Å². The average Bonchev–Trinajstić information content (AvgIpc) is 2.66. The fourth-order valence-corrected chi connectivity index (χ4v) is 2.44. The molecule has 0 aromatic heterocycles. The third-order valence-electron chi connectivity index (χ3n) is 3.86. The van der Waals surface area contributed by atoms with Gasteiger partial charge in [0, 0.05) is 6.54 Å². The molecule has 2 aromatic carbocycles. The van der Waals surface area contributed by atoms with Crippen molar-refractivity contribution in [3.8, 4) is 11.5 Å². The second-order valence-corrected chi connectivity index (χ2v) is 5.59. The Morgan fingerprint density at radius 2 is 1.72 bits per heavy atom. The number of benzene rings is 2. The number of hydrogen-bond acceptors (Lipinski definition) is 3.